The average molecular weight is 478 g/mol. The lowest BCUT2D eigenvalue weighted by molar-refractivity contribution is -0.258. The smallest absolute Gasteiger partial charge is 0.376 e. The monoisotopic (exact) mass is 478 g/mol. The Kier molecular flexibility index (Phi) is 5.35. The van der Waals surface area contributed by atoms with Crippen molar-refractivity contribution in [2.24, 2.45) is 0 Å². The van der Waals surface area contributed by atoms with Gasteiger partial charge in [-0.25, -0.2) is 13.9 Å². The van der Waals surface area contributed by atoms with Crippen molar-refractivity contribution in [3.63, 3.8) is 0 Å². The Morgan fingerprint density at radius 2 is 1.94 bits per heavy atom. The van der Waals surface area contributed by atoms with Gasteiger partial charge in [0, 0.05) is 12.2 Å². The fraction of sp³-hybridized carbons (Fsp3) is 0.350. The number of carbonyl (C=O) groups is 1. The zero-order chi connectivity index (χ0) is 25.0. The molecule has 0 aliphatic carbocycles. The van der Waals surface area contributed by atoms with Crippen LogP contribution in [0, 0.1) is 6.92 Å². The molecule has 0 spiro atoms. The van der Waals surface area contributed by atoms with E-state index in [1.807, 2.05) is 0 Å². The maximum absolute atomic E-state index is 13.5. The summed E-state index contributed by atoms with van der Waals surface area (Å²) < 4.78 is 44.2. The fourth-order valence-electron chi connectivity index (χ4n) is 3.44. The molecule has 4 heterocycles. The van der Waals surface area contributed by atoms with Crippen LogP contribution < -0.4 is 10.9 Å². The largest absolute Gasteiger partial charge is 0.421 e. The summed E-state index contributed by atoms with van der Waals surface area (Å²) in [5.41, 5.74) is -3.67. The number of hydrogen-bond donors (Lipinski definition) is 3. The zero-order valence-corrected chi connectivity index (χ0v) is 18.5. The predicted octanol–water partition coefficient (Wildman–Crippen LogP) is 2.32. The minimum atomic E-state index is -5.01. The number of nitrogens with zero attached hydrogens (tertiary/aromatic N) is 6. The van der Waals surface area contributed by atoms with Gasteiger partial charge < -0.3 is 10.4 Å². The summed E-state index contributed by atoms with van der Waals surface area (Å²) in [6.45, 7) is 5.45. The van der Waals surface area contributed by atoms with Crippen LogP contribution in [0.5, 0.6) is 0 Å². The van der Waals surface area contributed by atoms with Crippen LogP contribution in [0.4, 0.5) is 19.0 Å². The highest BCUT2D eigenvalue weighted by molar-refractivity contribution is 6.05. The molecule has 1 atom stereocenters. The normalized spacial score (nSPS) is 14.0. The quantitative estimate of drug-likeness (QED) is 0.403. The van der Waals surface area contributed by atoms with Gasteiger partial charge >= 0.3 is 6.18 Å². The Morgan fingerprint density at radius 3 is 2.59 bits per heavy atom. The van der Waals surface area contributed by atoms with E-state index in [4.69, 9.17) is 0 Å². The highest BCUT2D eigenvalue weighted by Crippen LogP contribution is 2.42. The van der Waals surface area contributed by atoms with E-state index in [-0.39, 0.29) is 23.0 Å². The molecule has 1 unspecified atom stereocenters. The lowest BCUT2D eigenvalue weighted by Crippen LogP contribution is -2.39. The Morgan fingerprint density at radius 1 is 1.24 bits per heavy atom. The Balaban J connectivity index is 1.73. The molecule has 0 saturated heterocycles. The van der Waals surface area contributed by atoms with Crippen molar-refractivity contribution >= 4 is 17.2 Å². The first-order chi connectivity index (χ1) is 15.8. The number of halogens is 3. The number of fused-ring (bicyclic) bond motifs is 1. The number of hydrogen-bond acceptors (Lipinski definition) is 6. The standard InChI is InChI=1S/C20H21F3N8O3/c1-10(2)30-15(13(9-25-30)19(4,34)20(21,22)23)26-16(32)12-8-24-31(11(12)3)18-27-17(33)14-6-5-7-29(14)28-18/h5-10,34H,1-4H3,(H,26,32)(H,27,28,33). The summed E-state index contributed by atoms with van der Waals surface area (Å²) in [6.07, 6.45) is -1.36. The third-order valence-electron chi connectivity index (χ3n) is 5.44. The van der Waals surface area contributed by atoms with Gasteiger partial charge in [0.15, 0.2) is 5.60 Å². The average Bonchev–Trinajstić information content (AvgIpc) is 3.45. The molecule has 0 saturated carbocycles. The molecular weight excluding hydrogens is 457 g/mol. The zero-order valence-electron chi connectivity index (χ0n) is 18.5. The molecule has 1 amide bonds. The van der Waals surface area contributed by atoms with E-state index in [0.29, 0.717) is 12.4 Å². The SMILES string of the molecule is Cc1c(C(=O)Nc2c(C(C)(O)C(F)(F)F)cnn2C(C)C)cnn1-c1nn2cccc2c(=O)[nH]1. The number of alkyl halides is 3. The molecule has 0 aromatic carbocycles. The van der Waals surface area contributed by atoms with Gasteiger partial charge in [0.25, 0.3) is 11.5 Å². The lowest BCUT2D eigenvalue weighted by Gasteiger charge is -2.27. The number of aliphatic hydroxyl groups is 1. The molecule has 3 N–H and O–H groups in total. The summed E-state index contributed by atoms with van der Waals surface area (Å²) in [5.74, 6) is -1.04. The van der Waals surface area contributed by atoms with Gasteiger partial charge in [0.2, 0.25) is 5.95 Å². The van der Waals surface area contributed by atoms with Crippen molar-refractivity contribution in [2.45, 2.75) is 45.5 Å². The minimum absolute atomic E-state index is 0.0179. The Labute approximate surface area is 189 Å². The first kappa shape index (κ1) is 23.2. The molecule has 4 aromatic rings. The molecule has 11 nitrogen and oxygen atoms in total. The van der Waals surface area contributed by atoms with Crippen LogP contribution >= 0.6 is 0 Å². The van der Waals surface area contributed by atoms with Gasteiger partial charge in [-0.3, -0.25) is 14.6 Å². The van der Waals surface area contributed by atoms with E-state index in [2.05, 4.69) is 25.6 Å². The molecule has 0 fully saturated rings. The number of anilines is 1. The van der Waals surface area contributed by atoms with Gasteiger partial charge in [-0.2, -0.15) is 23.4 Å². The van der Waals surface area contributed by atoms with E-state index in [1.54, 1.807) is 32.2 Å². The van der Waals surface area contributed by atoms with Crippen LogP contribution in [-0.2, 0) is 5.60 Å². The summed E-state index contributed by atoms with van der Waals surface area (Å²) in [6, 6.07) is 2.80. The molecule has 14 heteroatoms. The second-order valence-electron chi connectivity index (χ2n) is 8.14. The van der Waals surface area contributed by atoms with Crippen molar-refractivity contribution in [2.75, 3.05) is 5.32 Å². The molecule has 4 rings (SSSR count). The molecule has 0 bridgehead atoms. The number of rotatable bonds is 5. The van der Waals surface area contributed by atoms with Crippen LogP contribution in [0.15, 0.2) is 35.5 Å². The predicted molar refractivity (Wildman–Crippen MR) is 114 cm³/mol. The third-order valence-corrected chi connectivity index (χ3v) is 5.44. The highest BCUT2D eigenvalue weighted by atomic mass is 19.4. The molecule has 34 heavy (non-hydrogen) atoms. The van der Waals surface area contributed by atoms with Crippen LogP contribution in [0.2, 0.25) is 0 Å². The highest BCUT2D eigenvalue weighted by Gasteiger charge is 2.53. The third kappa shape index (κ3) is 3.65. The second-order valence-corrected chi connectivity index (χ2v) is 8.14. The Hall–Kier alpha value is -3.94. The minimum Gasteiger partial charge on any atom is -0.376 e. The summed E-state index contributed by atoms with van der Waals surface area (Å²) in [5, 5.41) is 24.9. The lowest BCUT2D eigenvalue weighted by atomic mass is 9.97. The van der Waals surface area contributed by atoms with Crippen molar-refractivity contribution in [1.82, 2.24) is 34.2 Å². The van der Waals surface area contributed by atoms with Crippen LogP contribution in [0.3, 0.4) is 0 Å². The number of nitrogens with one attached hydrogen (secondary N) is 2. The van der Waals surface area contributed by atoms with E-state index >= 15 is 0 Å². The van der Waals surface area contributed by atoms with E-state index in [9.17, 15) is 27.9 Å². The molecule has 0 aliphatic heterocycles. The summed E-state index contributed by atoms with van der Waals surface area (Å²) in [4.78, 5) is 27.9. The Bertz CT molecular complexity index is 1440. The number of carbonyl (C=O) groups excluding carboxylic acids is 1. The van der Waals surface area contributed by atoms with E-state index in [0.717, 1.165) is 6.20 Å². The van der Waals surface area contributed by atoms with Crippen LogP contribution in [0.25, 0.3) is 11.5 Å². The summed E-state index contributed by atoms with van der Waals surface area (Å²) >= 11 is 0. The van der Waals surface area contributed by atoms with Gasteiger partial charge in [0.05, 0.1) is 29.2 Å². The van der Waals surface area contributed by atoms with Crippen molar-refractivity contribution in [3.05, 3.63) is 57.9 Å². The fourth-order valence-corrected chi connectivity index (χ4v) is 3.44. The van der Waals surface area contributed by atoms with Crippen molar-refractivity contribution in [3.8, 4) is 5.95 Å². The maximum atomic E-state index is 13.5. The van der Waals surface area contributed by atoms with E-state index in [1.165, 1.54) is 27.0 Å². The van der Waals surface area contributed by atoms with Crippen molar-refractivity contribution in [1.29, 1.82) is 0 Å². The molecular formula is C20H21F3N8O3. The summed E-state index contributed by atoms with van der Waals surface area (Å²) in [7, 11) is 0. The van der Waals surface area contributed by atoms with Crippen LogP contribution in [-0.4, -0.2) is 51.3 Å². The number of H-pyrrole nitrogens is 1. The topological polar surface area (TPSA) is 135 Å². The number of aromatic amines is 1. The first-order valence-electron chi connectivity index (χ1n) is 10.1. The maximum Gasteiger partial charge on any atom is 0.421 e. The molecule has 0 radical (unpaired) electrons. The van der Waals surface area contributed by atoms with Gasteiger partial charge in [-0.15, -0.1) is 5.10 Å². The van der Waals surface area contributed by atoms with Gasteiger partial charge in [0.1, 0.15) is 11.3 Å². The van der Waals surface area contributed by atoms with Gasteiger partial charge in [-0.05, 0) is 39.8 Å². The van der Waals surface area contributed by atoms with E-state index < -0.39 is 34.8 Å². The second kappa shape index (κ2) is 7.83. The molecule has 180 valence electrons. The van der Waals surface area contributed by atoms with Crippen LogP contribution in [0.1, 0.15) is 48.4 Å². The first-order valence-corrected chi connectivity index (χ1v) is 10.1. The molecule has 0 aliphatic rings. The number of aromatic nitrogens is 7. The number of amides is 1. The van der Waals surface area contributed by atoms with Gasteiger partial charge in [-0.1, -0.05) is 0 Å². The molecule has 4 aromatic heterocycles. The van der Waals surface area contributed by atoms with Crippen molar-refractivity contribution < 1.29 is 23.1 Å².